The standard InChI is InChI=1S/C18H20N2O3/c1-12(2)14-3-5-15(6-4-14)17(21)20-16(18(22)23)11-13-7-9-19-10-8-13/h3-10,12,16H,11H2,1-2H3,(H,20,21)(H,22,23). The summed E-state index contributed by atoms with van der Waals surface area (Å²) >= 11 is 0. The zero-order chi connectivity index (χ0) is 16.8. The zero-order valence-electron chi connectivity index (χ0n) is 13.2. The number of nitrogens with zero attached hydrogens (tertiary/aromatic N) is 1. The molecule has 0 fully saturated rings. The minimum absolute atomic E-state index is 0.216. The van der Waals surface area contributed by atoms with E-state index in [-0.39, 0.29) is 12.3 Å². The summed E-state index contributed by atoms with van der Waals surface area (Å²) in [5, 5.41) is 11.9. The van der Waals surface area contributed by atoms with E-state index in [0.29, 0.717) is 11.5 Å². The van der Waals surface area contributed by atoms with Crippen LogP contribution in [-0.2, 0) is 11.2 Å². The van der Waals surface area contributed by atoms with E-state index in [0.717, 1.165) is 11.1 Å². The third-order valence-corrected chi connectivity index (χ3v) is 3.63. The normalized spacial score (nSPS) is 12.0. The lowest BCUT2D eigenvalue weighted by molar-refractivity contribution is -0.139. The second kappa shape index (κ2) is 7.54. The number of carbonyl (C=O) groups is 2. The van der Waals surface area contributed by atoms with Gasteiger partial charge in [-0.1, -0.05) is 26.0 Å². The van der Waals surface area contributed by atoms with Gasteiger partial charge in [-0.25, -0.2) is 4.79 Å². The molecule has 5 heteroatoms. The maximum Gasteiger partial charge on any atom is 0.326 e. The summed E-state index contributed by atoms with van der Waals surface area (Å²) in [4.78, 5) is 27.5. The van der Waals surface area contributed by atoms with Crippen LogP contribution in [0.3, 0.4) is 0 Å². The number of nitrogens with one attached hydrogen (secondary N) is 1. The van der Waals surface area contributed by atoms with Crippen molar-refractivity contribution in [3.63, 3.8) is 0 Å². The SMILES string of the molecule is CC(C)c1ccc(C(=O)NC(Cc2ccncc2)C(=O)O)cc1. The lowest BCUT2D eigenvalue weighted by Crippen LogP contribution is -2.42. The Labute approximate surface area is 135 Å². The minimum Gasteiger partial charge on any atom is -0.480 e. The number of hydrogen-bond acceptors (Lipinski definition) is 3. The third-order valence-electron chi connectivity index (χ3n) is 3.63. The maximum atomic E-state index is 12.2. The molecule has 120 valence electrons. The van der Waals surface area contributed by atoms with Crippen LogP contribution in [0, 0.1) is 0 Å². The van der Waals surface area contributed by atoms with Gasteiger partial charge in [-0.3, -0.25) is 9.78 Å². The molecule has 1 heterocycles. The van der Waals surface area contributed by atoms with Crippen molar-refractivity contribution in [1.82, 2.24) is 10.3 Å². The molecular weight excluding hydrogens is 292 g/mol. The molecule has 1 aromatic heterocycles. The van der Waals surface area contributed by atoms with E-state index in [2.05, 4.69) is 24.1 Å². The molecule has 1 unspecified atom stereocenters. The number of carboxylic acid groups (broad SMARTS) is 1. The molecule has 23 heavy (non-hydrogen) atoms. The van der Waals surface area contributed by atoms with Gasteiger partial charge in [0.15, 0.2) is 0 Å². The van der Waals surface area contributed by atoms with Crippen LogP contribution in [0.2, 0.25) is 0 Å². The van der Waals surface area contributed by atoms with Gasteiger partial charge in [0.05, 0.1) is 0 Å². The van der Waals surface area contributed by atoms with Gasteiger partial charge < -0.3 is 10.4 Å². The smallest absolute Gasteiger partial charge is 0.326 e. The monoisotopic (exact) mass is 312 g/mol. The van der Waals surface area contributed by atoms with Crippen molar-refractivity contribution in [2.24, 2.45) is 0 Å². The van der Waals surface area contributed by atoms with Gasteiger partial charge in [-0.2, -0.15) is 0 Å². The molecule has 2 N–H and O–H groups in total. The zero-order valence-corrected chi connectivity index (χ0v) is 13.2. The number of carboxylic acids is 1. The Morgan fingerprint density at radius 1 is 1.09 bits per heavy atom. The van der Waals surface area contributed by atoms with Crippen LogP contribution in [0.1, 0.15) is 41.3 Å². The molecule has 0 bridgehead atoms. The number of hydrogen-bond donors (Lipinski definition) is 2. The Balaban J connectivity index is 2.07. The van der Waals surface area contributed by atoms with Crippen LogP contribution in [-0.4, -0.2) is 28.0 Å². The summed E-state index contributed by atoms with van der Waals surface area (Å²) in [7, 11) is 0. The van der Waals surface area contributed by atoms with Gasteiger partial charge in [0.25, 0.3) is 5.91 Å². The highest BCUT2D eigenvalue weighted by atomic mass is 16.4. The molecule has 1 amide bonds. The van der Waals surface area contributed by atoms with Crippen LogP contribution < -0.4 is 5.32 Å². The molecule has 0 aliphatic rings. The topological polar surface area (TPSA) is 79.3 Å². The lowest BCUT2D eigenvalue weighted by Gasteiger charge is -2.15. The van der Waals surface area contributed by atoms with Crippen molar-refractivity contribution in [2.45, 2.75) is 32.2 Å². The summed E-state index contributed by atoms with van der Waals surface area (Å²) in [6.45, 7) is 4.15. The first-order valence-electron chi connectivity index (χ1n) is 7.50. The maximum absolute atomic E-state index is 12.2. The highest BCUT2D eigenvalue weighted by molar-refractivity contribution is 5.96. The van der Waals surface area contributed by atoms with Crippen molar-refractivity contribution in [3.8, 4) is 0 Å². The Morgan fingerprint density at radius 3 is 2.22 bits per heavy atom. The van der Waals surface area contributed by atoms with Gasteiger partial charge in [0, 0.05) is 24.4 Å². The summed E-state index contributed by atoms with van der Waals surface area (Å²) in [6.07, 6.45) is 3.41. The number of carbonyl (C=O) groups excluding carboxylic acids is 1. The average Bonchev–Trinajstić information content (AvgIpc) is 2.55. The third kappa shape index (κ3) is 4.64. The summed E-state index contributed by atoms with van der Waals surface area (Å²) < 4.78 is 0. The average molecular weight is 312 g/mol. The number of pyridine rings is 1. The van der Waals surface area contributed by atoms with E-state index >= 15 is 0 Å². The molecular formula is C18H20N2O3. The van der Waals surface area contributed by atoms with E-state index in [1.165, 1.54) is 0 Å². The Hall–Kier alpha value is -2.69. The first-order chi connectivity index (χ1) is 11.0. The number of aliphatic carboxylic acids is 1. The van der Waals surface area contributed by atoms with Gasteiger partial charge in [-0.15, -0.1) is 0 Å². The second-order valence-corrected chi connectivity index (χ2v) is 5.70. The molecule has 2 rings (SSSR count). The number of amides is 1. The van der Waals surface area contributed by atoms with Crippen molar-refractivity contribution < 1.29 is 14.7 Å². The predicted molar refractivity (Wildman–Crippen MR) is 87.4 cm³/mol. The fourth-order valence-corrected chi connectivity index (χ4v) is 2.22. The van der Waals surface area contributed by atoms with Gasteiger partial charge in [0.2, 0.25) is 0 Å². The van der Waals surface area contributed by atoms with E-state index in [9.17, 15) is 14.7 Å². The Morgan fingerprint density at radius 2 is 1.70 bits per heavy atom. The molecule has 0 saturated carbocycles. The Kier molecular flexibility index (Phi) is 5.46. The van der Waals surface area contributed by atoms with Crippen molar-refractivity contribution in [3.05, 3.63) is 65.5 Å². The van der Waals surface area contributed by atoms with Gasteiger partial charge in [-0.05, 0) is 41.3 Å². The van der Waals surface area contributed by atoms with Crippen molar-refractivity contribution in [2.75, 3.05) is 0 Å². The molecule has 2 aromatic rings. The van der Waals surface area contributed by atoms with Crippen LogP contribution in [0.4, 0.5) is 0 Å². The quantitative estimate of drug-likeness (QED) is 0.859. The molecule has 0 aliphatic heterocycles. The van der Waals surface area contributed by atoms with Crippen molar-refractivity contribution in [1.29, 1.82) is 0 Å². The lowest BCUT2D eigenvalue weighted by atomic mass is 10.0. The first-order valence-corrected chi connectivity index (χ1v) is 7.50. The molecule has 1 aromatic carbocycles. The van der Waals surface area contributed by atoms with Crippen LogP contribution in [0.15, 0.2) is 48.8 Å². The molecule has 0 aliphatic carbocycles. The van der Waals surface area contributed by atoms with E-state index in [4.69, 9.17) is 0 Å². The molecule has 1 atom stereocenters. The molecule has 0 radical (unpaired) electrons. The highest BCUT2D eigenvalue weighted by Crippen LogP contribution is 2.15. The van der Waals surface area contributed by atoms with Crippen LogP contribution >= 0.6 is 0 Å². The first kappa shape index (κ1) is 16.7. The fourth-order valence-electron chi connectivity index (χ4n) is 2.22. The number of benzene rings is 1. The molecule has 0 saturated heterocycles. The molecule has 5 nitrogen and oxygen atoms in total. The van der Waals surface area contributed by atoms with E-state index < -0.39 is 12.0 Å². The van der Waals surface area contributed by atoms with E-state index in [1.807, 2.05) is 12.1 Å². The largest absolute Gasteiger partial charge is 0.480 e. The summed E-state index contributed by atoms with van der Waals surface area (Å²) in [6, 6.07) is 9.70. The Bertz CT molecular complexity index is 666. The van der Waals surface area contributed by atoms with Crippen molar-refractivity contribution >= 4 is 11.9 Å². The van der Waals surface area contributed by atoms with Gasteiger partial charge >= 0.3 is 5.97 Å². The fraction of sp³-hybridized carbons (Fsp3) is 0.278. The summed E-state index contributed by atoms with van der Waals surface area (Å²) in [5.41, 5.74) is 2.39. The summed E-state index contributed by atoms with van der Waals surface area (Å²) in [5.74, 6) is -1.07. The van der Waals surface area contributed by atoms with E-state index in [1.54, 1.807) is 36.7 Å². The highest BCUT2D eigenvalue weighted by Gasteiger charge is 2.21. The van der Waals surface area contributed by atoms with Crippen LogP contribution in [0.5, 0.6) is 0 Å². The number of aromatic nitrogens is 1. The van der Waals surface area contributed by atoms with Gasteiger partial charge in [0.1, 0.15) is 6.04 Å². The predicted octanol–water partition coefficient (Wildman–Crippen LogP) is 2.63. The van der Waals surface area contributed by atoms with Crippen LogP contribution in [0.25, 0.3) is 0 Å². The second-order valence-electron chi connectivity index (χ2n) is 5.70. The minimum atomic E-state index is -1.06. The molecule has 0 spiro atoms. The number of rotatable bonds is 6.